The van der Waals surface area contributed by atoms with Gasteiger partial charge in [-0.1, -0.05) is 23.5 Å². The fourth-order valence-electron chi connectivity index (χ4n) is 3.40. The Labute approximate surface area is 173 Å². The van der Waals surface area contributed by atoms with E-state index in [0.29, 0.717) is 30.3 Å². The third kappa shape index (κ3) is 4.12. The number of nitrogens with zero attached hydrogens (tertiary/aromatic N) is 2. The van der Waals surface area contributed by atoms with Crippen molar-refractivity contribution in [3.05, 3.63) is 48.5 Å². The van der Waals surface area contributed by atoms with Crippen LogP contribution in [0.3, 0.4) is 0 Å². The summed E-state index contributed by atoms with van der Waals surface area (Å²) in [7, 11) is -2.13. The number of anilines is 1. The molecule has 1 aromatic heterocycles. The number of thiazole rings is 1. The Balaban J connectivity index is 1.47. The molecule has 7 nitrogen and oxygen atoms in total. The van der Waals surface area contributed by atoms with Gasteiger partial charge in [-0.25, -0.2) is 13.4 Å². The van der Waals surface area contributed by atoms with Crippen molar-refractivity contribution in [3.8, 4) is 5.75 Å². The molecule has 0 aliphatic carbocycles. The van der Waals surface area contributed by atoms with Gasteiger partial charge in [0.1, 0.15) is 5.75 Å². The first-order chi connectivity index (χ1) is 14.0. The molecule has 4 rings (SSSR count). The van der Waals surface area contributed by atoms with Crippen LogP contribution in [0.4, 0.5) is 5.13 Å². The fourth-order valence-corrected chi connectivity index (χ4v) is 5.80. The summed E-state index contributed by atoms with van der Waals surface area (Å²) in [5.41, 5.74) is 0.833. The minimum absolute atomic E-state index is 0.158. The molecule has 2 aromatic carbocycles. The van der Waals surface area contributed by atoms with Crippen molar-refractivity contribution in [3.63, 3.8) is 0 Å². The second kappa shape index (κ2) is 8.10. The van der Waals surface area contributed by atoms with E-state index in [0.717, 1.165) is 10.2 Å². The van der Waals surface area contributed by atoms with E-state index in [2.05, 4.69) is 10.3 Å². The lowest BCUT2D eigenvalue weighted by atomic mass is 9.99. The highest BCUT2D eigenvalue weighted by atomic mass is 32.2. The molecular weight excluding hydrogens is 410 g/mol. The third-order valence-electron chi connectivity index (χ3n) is 4.98. The van der Waals surface area contributed by atoms with Crippen LogP contribution >= 0.6 is 11.3 Å². The van der Waals surface area contributed by atoms with Gasteiger partial charge in [0, 0.05) is 13.1 Å². The van der Waals surface area contributed by atoms with Gasteiger partial charge in [0.25, 0.3) is 0 Å². The van der Waals surface area contributed by atoms with Crippen molar-refractivity contribution < 1.29 is 17.9 Å². The Morgan fingerprint density at radius 1 is 1.21 bits per heavy atom. The number of carbonyl (C=O) groups is 1. The highest BCUT2D eigenvalue weighted by Gasteiger charge is 2.33. The zero-order valence-electron chi connectivity index (χ0n) is 15.9. The van der Waals surface area contributed by atoms with Crippen molar-refractivity contribution in [2.24, 2.45) is 5.92 Å². The van der Waals surface area contributed by atoms with Gasteiger partial charge in [0.15, 0.2) is 5.13 Å². The molecule has 1 fully saturated rings. The number of piperidine rings is 1. The number of hydrogen-bond donors (Lipinski definition) is 1. The van der Waals surface area contributed by atoms with Gasteiger partial charge in [-0.3, -0.25) is 4.79 Å². The first-order valence-corrected chi connectivity index (χ1v) is 11.5. The molecule has 3 aromatic rings. The standard InChI is InChI=1S/C20H21N3O4S2/c1-27-15-8-10-16(11-9-15)29(25,26)23-12-4-5-14(13-23)19(24)22-20-21-17-6-2-3-7-18(17)28-20/h2-3,6-11,14H,4-5,12-13H2,1H3,(H,21,22,24). The Morgan fingerprint density at radius 2 is 1.97 bits per heavy atom. The van der Waals surface area contributed by atoms with E-state index in [1.54, 1.807) is 12.1 Å². The Hall–Kier alpha value is -2.49. The zero-order chi connectivity index (χ0) is 20.4. The van der Waals surface area contributed by atoms with E-state index in [9.17, 15) is 13.2 Å². The minimum Gasteiger partial charge on any atom is -0.497 e. The Bertz CT molecular complexity index is 1090. The van der Waals surface area contributed by atoms with E-state index >= 15 is 0 Å². The molecule has 1 amide bonds. The Kier molecular flexibility index (Phi) is 5.53. The van der Waals surface area contributed by atoms with Gasteiger partial charge < -0.3 is 10.1 Å². The molecule has 0 saturated carbocycles. The number of nitrogens with one attached hydrogen (secondary N) is 1. The highest BCUT2D eigenvalue weighted by molar-refractivity contribution is 7.89. The summed E-state index contributed by atoms with van der Waals surface area (Å²) < 4.78 is 33.4. The van der Waals surface area contributed by atoms with Crippen LogP contribution in [0.5, 0.6) is 5.75 Å². The molecule has 9 heteroatoms. The number of carbonyl (C=O) groups excluding carboxylic acids is 1. The normalized spacial score (nSPS) is 17.9. The fraction of sp³-hybridized carbons (Fsp3) is 0.300. The summed E-state index contributed by atoms with van der Waals surface area (Å²) in [5, 5.41) is 3.39. The topological polar surface area (TPSA) is 88.6 Å². The summed E-state index contributed by atoms with van der Waals surface area (Å²) in [6.07, 6.45) is 1.28. The van der Waals surface area contributed by atoms with E-state index in [4.69, 9.17) is 4.74 Å². The molecular formula is C20H21N3O4S2. The molecule has 1 atom stereocenters. The van der Waals surface area contributed by atoms with Crippen LogP contribution in [-0.2, 0) is 14.8 Å². The summed E-state index contributed by atoms with van der Waals surface area (Å²) in [6.45, 7) is 0.560. The molecule has 1 N–H and O–H groups in total. The van der Waals surface area contributed by atoms with Crippen LogP contribution in [0, 0.1) is 5.92 Å². The van der Waals surface area contributed by atoms with Crippen LogP contribution in [0.15, 0.2) is 53.4 Å². The largest absolute Gasteiger partial charge is 0.497 e. The van der Waals surface area contributed by atoms with Crippen LogP contribution in [-0.4, -0.2) is 43.8 Å². The molecule has 0 spiro atoms. The lowest BCUT2D eigenvalue weighted by molar-refractivity contribution is -0.120. The van der Waals surface area contributed by atoms with E-state index in [1.165, 1.54) is 34.9 Å². The number of hydrogen-bond acceptors (Lipinski definition) is 6. The highest BCUT2D eigenvalue weighted by Crippen LogP contribution is 2.28. The minimum atomic E-state index is -3.66. The van der Waals surface area contributed by atoms with Crippen molar-refractivity contribution in [1.29, 1.82) is 0 Å². The molecule has 2 heterocycles. The molecule has 1 saturated heterocycles. The summed E-state index contributed by atoms with van der Waals surface area (Å²) in [6, 6.07) is 14.0. The SMILES string of the molecule is COc1ccc(S(=O)(=O)N2CCCC(C(=O)Nc3nc4ccccc4s3)C2)cc1. The summed E-state index contributed by atoms with van der Waals surface area (Å²) >= 11 is 1.41. The summed E-state index contributed by atoms with van der Waals surface area (Å²) in [4.78, 5) is 17.4. The predicted octanol–water partition coefficient (Wildman–Crippen LogP) is 3.34. The Morgan fingerprint density at radius 3 is 2.69 bits per heavy atom. The van der Waals surface area contributed by atoms with Gasteiger partial charge in [-0.05, 0) is 49.2 Å². The van der Waals surface area contributed by atoms with Crippen molar-refractivity contribution >= 4 is 42.6 Å². The smallest absolute Gasteiger partial charge is 0.243 e. The number of rotatable bonds is 5. The zero-order valence-corrected chi connectivity index (χ0v) is 17.5. The first kappa shape index (κ1) is 19.8. The van der Waals surface area contributed by atoms with Crippen molar-refractivity contribution in [2.75, 3.05) is 25.5 Å². The van der Waals surface area contributed by atoms with E-state index in [-0.39, 0.29) is 17.3 Å². The second-order valence-corrected chi connectivity index (χ2v) is 9.82. The van der Waals surface area contributed by atoms with Crippen molar-refractivity contribution in [1.82, 2.24) is 9.29 Å². The molecule has 1 aliphatic heterocycles. The number of sulfonamides is 1. The first-order valence-electron chi connectivity index (χ1n) is 9.28. The third-order valence-corrected chi connectivity index (χ3v) is 7.81. The van der Waals surface area contributed by atoms with Crippen LogP contribution in [0.2, 0.25) is 0 Å². The maximum atomic E-state index is 13.0. The number of ether oxygens (including phenoxy) is 1. The van der Waals surface area contributed by atoms with Crippen LogP contribution in [0.1, 0.15) is 12.8 Å². The molecule has 1 unspecified atom stereocenters. The molecule has 0 bridgehead atoms. The van der Waals surface area contributed by atoms with Crippen LogP contribution < -0.4 is 10.1 Å². The van der Waals surface area contributed by atoms with Crippen LogP contribution in [0.25, 0.3) is 10.2 Å². The van der Waals surface area contributed by atoms with E-state index < -0.39 is 15.9 Å². The predicted molar refractivity (Wildman–Crippen MR) is 113 cm³/mol. The molecule has 29 heavy (non-hydrogen) atoms. The average molecular weight is 432 g/mol. The maximum Gasteiger partial charge on any atom is 0.243 e. The van der Waals surface area contributed by atoms with E-state index in [1.807, 2.05) is 24.3 Å². The molecule has 152 valence electrons. The van der Waals surface area contributed by atoms with Gasteiger partial charge in [-0.2, -0.15) is 4.31 Å². The lowest BCUT2D eigenvalue weighted by Crippen LogP contribution is -2.43. The molecule has 0 radical (unpaired) electrons. The number of benzene rings is 2. The second-order valence-electron chi connectivity index (χ2n) is 6.85. The van der Waals surface area contributed by atoms with Gasteiger partial charge in [0.05, 0.1) is 28.1 Å². The van der Waals surface area contributed by atoms with Gasteiger partial charge >= 0.3 is 0 Å². The number of fused-ring (bicyclic) bond motifs is 1. The maximum absolute atomic E-state index is 13.0. The number of aromatic nitrogens is 1. The number of amides is 1. The van der Waals surface area contributed by atoms with Gasteiger partial charge in [0.2, 0.25) is 15.9 Å². The monoisotopic (exact) mass is 431 g/mol. The average Bonchev–Trinajstić information content (AvgIpc) is 3.16. The quantitative estimate of drug-likeness (QED) is 0.669. The molecule has 1 aliphatic rings. The van der Waals surface area contributed by atoms with Crippen molar-refractivity contribution in [2.45, 2.75) is 17.7 Å². The number of methoxy groups -OCH3 is 1. The summed E-state index contributed by atoms with van der Waals surface area (Å²) in [5.74, 6) is -0.0156. The van der Waals surface area contributed by atoms with Gasteiger partial charge in [-0.15, -0.1) is 0 Å². The number of para-hydroxylation sites is 1. The lowest BCUT2D eigenvalue weighted by Gasteiger charge is -2.31.